The third-order valence-corrected chi connectivity index (χ3v) is 2.82. The first-order chi connectivity index (χ1) is 6.43. The lowest BCUT2D eigenvalue weighted by Crippen LogP contribution is -2.43. The van der Waals surface area contributed by atoms with Crippen LogP contribution < -0.4 is 5.32 Å². The van der Waals surface area contributed by atoms with Crippen molar-refractivity contribution in [1.29, 1.82) is 0 Å². The third-order valence-electron chi connectivity index (χ3n) is 2.82. The number of hydrogen-bond donors (Lipinski definition) is 1. The Hall–Kier alpha value is -0.570. The first-order valence-electron chi connectivity index (χ1n) is 5.48. The fourth-order valence-electron chi connectivity index (χ4n) is 1.82. The molecular weight excluding hydrogens is 176 g/mol. The molecule has 0 aromatic rings. The molecule has 0 bridgehead atoms. The van der Waals surface area contributed by atoms with Gasteiger partial charge >= 0.3 is 0 Å². The quantitative estimate of drug-likeness (QED) is 0.727. The highest BCUT2D eigenvalue weighted by molar-refractivity contribution is 5.75. The molecule has 1 rings (SSSR count). The van der Waals surface area contributed by atoms with Crippen molar-refractivity contribution in [2.45, 2.75) is 52.1 Å². The van der Waals surface area contributed by atoms with E-state index in [9.17, 15) is 4.79 Å². The molecule has 0 aromatic carbocycles. The molecule has 3 heteroatoms. The van der Waals surface area contributed by atoms with E-state index in [0.29, 0.717) is 12.5 Å². The summed E-state index contributed by atoms with van der Waals surface area (Å²) in [4.78, 5) is 13.6. The number of rotatable bonds is 2. The maximum Gasteiger partial charge on any atom is 0.219 e. The Morgan fingerprint density at radius 1 is 1.50 bits per heavy atom. The molecule has 82 valence electrons. The van der Waals surface area contributed by atoms with Crippen molar-refractivity contribution in [1.82, 2.24) is 10.2 Å². The lowest BCUT2D eigenvalue weighted by atomic mass is 10.1. The number of carbonyl (C=O) groups excluding carboxylic acids is 1. The smallest absolute Gasteiger partial charge is 0.219 e. The zero-order valence-corrected chi connectivity index (χ0v) is 9.76. The van der Waals surface area contributed by atoms with E-state index in [1.165, 1.54) is 0 Å². The van der Waals surface area contributed by atoms with Crippen LogP contribution in [0.2, 0.25) is 0 Å². The van der Waals surface area contributed by atoms with E-state index >= 15 is 0 Å². The van der Waals surface area contributed by atoms with Gasteiger partial charge in [-0.3, -0.25) is 9.69 Å². The van der Waals surface area contributed by atoms with Crippen LogP contribution in [-0.4, -0.2) is 35.5 Å². The molecule has 14 heavy (non-hydrogen) atoms. The summed E-state index contributed by atoms with van der Waals surface area (Å²) < 4.78 is 0. The van der Waals surface area contributed by atoms with Crippen LogP contribution in [0.25, 0.3) is 0 Å². The molecular formula is C11H22N2O. The van der Waals surface area contributed by atoms with Crippen molar-refractivity contribution < 1.29 is 4.79 Å². The zero-order valence-electron chi connectivity index (χ0n) is 9.76. The van der Waals surface area contributed by atoms with Crippen molar-refractivity contribution in [3.8, 4) is 0 Å². The van der Waals surface area contributed by atoms with Crippen LogP contribution in [0, 0.1) is 0 Å². The van der Waals surface area contributed by atoms with E-state index in [2.05, 4.69) is 31.0 Å². The van der Waals surface area contributed by atoms with Crippen LogP contribution in [0.5, 0.6) is 0 Å². The van der Waals surface area contributed by atoms with Gasteiger partial charge in [0.2, 0.25) is 5.91 Å². The minimum atomic E-state index is 0.172. The fourth-order valence-corrected chi connectivity index (χ4v) is 1.82. The predicted molar refractivity (Wildman–Crippen MR) is 58.2 cm³/mol. The molecule has 1 amide bonds. The summed E-state index contributed by atoms with van der Waals surface area (Å²) in [7, 11) is 0. The summed E-state index contributed by atoms with van der Waals surface area (Å²) in [6.07, 6.45) is 1.68. The number of amides is 1. The Morgan fingerprint density at radius 3 is 2.57 bits per heavy atom. The molecule has 1 fully saturated rings. The molecule has 0 aromatic heterocycles. The van der Waals surface area contributed by atoms with Gasteiger partial charge in [-0.15, -0.1) is 0 Å². The van der Waals surface area contributed by atoms with E-state index in [-0.39, 0.29) is 11.4 Å². The second-order valence-corrected chi connectivity index (χ2v) is 5.02. The SMILES string of the molecule is CCC(=O)N[C@@H]1CCN(C(C)(C)C)C1. The third kappa shape index (κ3) is 2.98. The van der Waals surface area contributed by atoms with Gasteiger partial charge in [0, 0.05) is 31.1 Å². The molecule has 3 nitrogen and oxygen atoms in total. The van der Waals surface area contributed by atoms with E-state index in [0.717, 1.165) is 19.5 Å². The van der Waals surface area contributed by atoms with Gasteiger partial charge in [-0.2, -0.15) is 0 Å². The standard InChI is InChI=1S/C11H22N2O/c1-5-10(14)12-9-6-7-13(8-9)11(2,3)4/h9H,5-8H2,1-4H3,(H,12,14)/t9-/m1/s1. The van der Waals surface area contributed by atoms with Crippen molar-refractivity contribution in [3.05, 3.63) is 0 Å². The van der Waals surface area contributed by atoms with Crippen molar-refractivity contribution in [3.63, 3.8) is 0 Å². The van der Waals surface area contributed by atoms with E-state index in [1.54, 1.807) is 0 Å². The summed E-state index contributed by atoms with van der Waals surface area (Å²) in [6.45, 7) is 10.6. The van der Waals surface area contributed by atoms with E-state index in [1.807, 2.05) is 6.92 Å². The maximum atomic E-state index is 11.2. The van der Waals surface area contributed by atoms with Crippen molar-refractivity contribution >= 4 is 5.91 Å². The van der Waals surface area contributed by atoms with Crippen LogP contribution in [0.1, 0.15) is 40.5 Å². The van der Waals surface area contributed by atoms with Crippen molar-refractivity contribution in [2.24, 2.45) is 0 Å². The highest BCUT2D eigenvalue weighted by Gasteiger charge is 2.30. The fraction of sp³-hybridized carbons (Fsp3) is 0.909. The monoisotopic (exact) mass is 198 g/mol. The zero-order chi connectivity index (χ0) is 10.8. The molecule has 1 aliphatic rings. The number of likely N-dealkylation sites (tertiary alicyclic amines) is 1. The number of nitrogens with zero attached hydrogens (tertiary/aromatic N) is 1. The lowest BCUT2D eigenvalue weighted by Gasteiger charge is -2.31. The first-order valence-corrected chi connectivity index (χ1v) is 5.48. The Morgan fingerprint density at radius 2 is 2.14 bits per heavy atom. The summed E-state index contributed by atoms with van der Waals surface area (Å²) >= 11 is 0. The molecule has 1 atom stereocenters. The number of hydrogen-bond acceptors (Lipinski definition) is 2. The summed E-state index contributed by atoms with van der Waals surface area (Å²) in [5, 5.41) is 3.05. The second-order valence-electron chi connectivity index (χ2n) is 5.02. The van der Waals surface area contributed by atoms with Crippen molar-refractivity contribution in [2.75, 3.05) is 13.1 Å². The molecule has 0 unspecified atom stereocenters. The predicted octanol–water partition coefficient (Wildman–Crippen LogP) is 1.39. The Bertz CT molecular complexity index is 208. The molecule has 1 N–H and O–H groups in total. The summed E-state index contributed by atoms with van der Waals surface area (Å²) in [5.41, 5.74) is 0.228. The van der Waals surface area contributed by atoms with Gasteiger partial charge in [-0.05, 0) is 27.2 Å². The van der Waals surface area contributed by atoms with Gasteiger partial charge in [0.05, 0.1) is 0 Å². The molecule has 0 aliphatic carbocycles. The van der Waals surface area contributed by atoms with Gasteiger partial charge in [0.15, 0.2) is 0 Å². The average Bonchev–Trinajstić information content (AvgIpc) is 2.51. The van der Waals surface area contributed by atoms with Gasteiger partial charge in [0.1, 0.15) is 0 Å². The Labute approximate surface area is 86.9 Å². The Balaban J connectivity index is 2.38. The normalized spacial score (nSPS) is 23.9. The highest BCUT2D eigenvalue weighted by Crippen LogP contribution is 2.20. The van der Waals surface area contributed by atoms with Crippen LogP contribution in [0.3, 0.4) is 0 Å². The van der Waals surface area contributed by atoms with E-state index < -0.39 is 0 Å². The number of nitrogens with one attached hydrogen (secondary N) is 1. The van der Waals surface area contributed by atoms with Gasteiger partial charge in [-0.25, -0.2) is 0 Å². The minimum absolute atomic E-state index is 0.172. The first kappa shape index (κ1) is 11.5. The van der Waals surface area contributed by atoms with Crippen LogP contribution in [0.4, 0.5) is 0 Å². The van der Waals surface area contributed by atoms with Gasteiger partial charge < -0.3 is 5.32 Å². The average molecular weight is 198 g/mol. The van der Waals surface area contributed by atoms with Crippen LogP contribution in [0.15, 0.2) is 0 Å². The van der Waals surface area contributed by atoms with E-state index in [4.69, 9.17) is 0 Å². The number of carbonyl (C=O) groups is 1. The maximum absolute atomic E-state index is 11.2. The van der Waals surface area contributed by atoms with Crippen LogP contribution in [-0.2, 0) is 4.79 Å². The topological polar surface area (TPSA) is 32.3 Å². The summed E-state index contributed by atoms with van der Waals surface area (Å²) in [6, 6.07) is 0.363. The minimum Gasteiger partial charge on any atom is -0.352 e. The molecule has 0 saturated carbocycles. The highest BCUT2D eigenvalue weighted by atomic mass is 16.1. The molecule has 0 radical (unpaired) electrons. The van der Waals surface area contributed by atoms with Gasteiger partial charge in [0.25, 0.3) is 0 Å². The second kappa shape index (κ2) is 4.30. The molecule has 0 spiro atoms. The largest absolute Gasteiger partial charge is 0.352 e. The molecule has 1 heterocycles. The van der Waals surface area contributed by atoms with Crippen LogP contribution >= 0.6 is 0 Å². The van der Waals surface area contributed by atoms with Gasteiger partial charge in [-0.1, -0.05) is 6.92 Å². The summed E-state index contributed by atoms with van der Waals surface area (Å²) in [5.74, 6) is 0.172. The lowest BCUT2D eigenvalue weighted by molar-refractivity contribution is -0.121. The Kier molecular flexibility index (Phi) is 3.53. The molecule has 1 aliphatic heterocycles. The molecule has 1 saturated heterocycles.